The third-order valence-electron chi connectivity index (χ3n) is 9.02. The van der Waals surface area contributed by atoms with Gasteiger partial charge >= 0.3 is 6.18 Å². The highest BCUT2D eigenvalue weighted by molar-refractivity contribution is 5.93. The Balaban J connectivity index is 0.000000318. The van der Waals surface area contributed by atoms with Crippen LogP contribution in [-0.2, 0) is 28.3 Å². The van der Waals surface area contributed by atoms with E-state index in [1.807, 2.05) is 0 Å². The zero-order valence-electron chi connectivity index (χ0n) is 26.0. The summed E-state index contributed by atoms with van der Waals surface area (Å²) in [5, 5.41) is 10.1. The quantitative estimate of drug-likeness (QED) is 0.324. The van der Waals surface area contributed by atoms with Crippen LogP contribution in [0.25, 0.3) is 5.78 Å². The first-order chi connectivity index (χ1) is 22.5. The minimum Gasteiger partial charge on any atom is -0.381 e. The summed E-state index contributed by atoms with van der Waals surface area (Å²) in [6, 6.07) is 0. The van der Waals surface area contributed by atoms with Crippen LogP contribution in [-0.4, -0.2) is 68.4 Å². The molecule has 18 heteroatoms. The number of aromatic nitrogens is 5. The number of primary amides is 1. The van der Waals surface area contributed by atoms with E-state index in [-0.39, 0.29) is 43.1 Å². The third-order valence-corrected chi connectivity index (χ3v) is 9.02. The van der Waals surface area contributed by atoms with Crippen LogP contribution in [0.4, 0.5) is 30.7 Å². The van der Waals surface area contributed by atoms with E-state index in [1.165, 1.54) is 4.52 Å². The Morgan fingerprint density at radius 1 is 1.08 bits per heavy atom. The van der Waals surface area contributed by atoms with Crippen molar-refractivity contribution in [3.05, 3.63) is 40.8 Å². The van der Waals surface area contributed by atoms with Gasteiger partial charge in [0.1, 0.15) is 11.8 Å². The summed E-state index contributed by atoms with van der Waals surface area (Å²) in [6.45, 7) is 1.29. The fourth-order valence-electron chi connectivity index (χ4n) is 6.34. The number of nitrogens with two attached hydrogens (primary N) is 1. The van der Waals surface area contributed by atoms with Crippen LogP contribution in [0, 0.1) is 17.8 Å². The molecule has 3 N–H and O–H groups in total. The maximum Gasteiger partial charge on any atom is 0.393 e. The molecule has 2 unspecified atom stereocenters. The Morgan fingerprint density at radius 3 is 2.38 bits per heavy atom. The molecular formula is C30H36F7N7O4. The van der Waals surface area contributed by atoms with E-state index in [0.717, 1.165) is 6.26 Å². The molecule has 264 valence electrons. The maximum atomic E-state index is 13.5. The van der Waals surface area contributed by atoms with Crippen LogP contribution in [0.15, 0.2) is 17.0 Å². The summed E-state index contributed by atoms with van der Waals surface area (Å²) >= 11 is 0. The van der Waals surface area contributed by atoms with E-state index in [1.54, 1.807) is 6.20 Å². The number of amides is 2. The van der Waals surface area contributed by atoms with E-state index in [2.05, 4.69) is 25.1 Å². The number of nitrogens with zero attached hydrogens (tertiary/aromatic N) is 5. The summed E-state index contributed by atoms with van der Waals surface area (Å²) in [4.78, 5) is 32.3. The molecule has 0 aromatic carbocycles. The van der Waals surface area contributed by atoms with Gasteiger partial charge < -0.3 is 20.3 Å². The summed E-state index contributed by atoms with van der Waals surface area (Å²) in [5.74, 6) is -9.15. The topological polar surface area (TPSA) is 151 Å². The predicted molar refractivity (Wildman–Crippen MR) is 153 cm³/mol. The normalized spacial score (nSPS) is 22.6. The first kappa shape index (κ1) is 35.5. The third kappa shape index (κ3) is 8.60. The molecule has 1 saturated carbocycles. The molecule has 2 aliphatic heterocycles. The SMILES string of the molecule is CC(F)(F)c1nocc1C(N)=O.O=C1NCC(C(F)(F)F)CC1Cc1nn2cc(CC3CCC(F)(F)CC3)nc2nc1C1CCOCC1. The second kappa shape index (κ2) is 14.0. The Labute approximate surface area is 270 Å². The Kier molecular flexibility index (Phi) is 10.3. The molecule has 48 heavy (non-hydrogen) atoms. The largest absolute Gasteiger partial charge is 0.393 e. The highest BCUT2D eigenvalue weighted by Gasteiger charge is 2.45. The number of carbonyl (C=O) groups is 2. The van der Waals surface area contributed by atoms with Crippen LogP contribution < -0.4 is 11.1 Å². The molecule has 0 radical (unpaired) electrons. The van der Waals surface area contributed by atoms with Gasteiger partial charge in [-0.05, 0) is 44.4 Å². The molecule has 3 aromatic heterocycles. The minimum absolute atomic E-state index is 0.0111. The second-order valence-electron chi connectivity index (χ2n) is 12.8. The van der Waals surface area contributed by atoms with Gasteiger partial charge in [0.2, 0.25) is 11.8 Å². The van der Waals surface area contributed by atoms with Gasteiger partial charge in [-0.15, -0.1) is 0 Å². The number of nitrogens with one attached hydrogen (secondary N) is 1. The number of hydrogen-bond acceptors (Lipinski definition) is 8. The zero-order chi connectivity index (χ0) is 34.9. The lowest BCUT2D eigenvalue weighted by atomic mass is 9.84. The average Bonchev–Trinajstić information content (AvgIpc) is 3.67. The Bertz CT molecular complexity index is 1590. The highest BCUT2D eigenvalue weighted by atomic mass is 19.4. The molecule has 1 aliphatic carbocycles. The number of hydrogen-bond donors (Lipinski definition) is 2. The molecule has 11 nitrogen and oxygen atoms in total. The number of piperidine rings is 1. The lowest BCUT2D eigenvalue weighted by Gasteiger charge is -2.31. The first-order valence-corrected chi connectivity index (χ1v) is 15.7. The van der Waals surface area contributed by atoms with Gasteiger partial charge in [-0.2, -0.15) is 27.1 Å². The lowest BCUT2D eigenvalue weighted by molar-refractivity contribution is -0.183. The lowest BCUT2D eigenvalue weighted by Crippen LogP contribution is -2.47. The van der Waals surface area contributed by atoms with Crippen molar-refractivity contribution < 1.29 is 49.6 Å². The first-order valence-electron chi connectivity index (χ1n) is 15.7. The Hall–Kier alpha value is -3.83. The van der Waals surface area contributed by atoms with Crippen LogP contribution >= 0.6 is 0 Å². The fourth-order valence-corrected chi connectivity index (χ4v) is 6.34. The number of rotatable bonds is 7. The van der Waals surface area contributed by atoms with Gasteiger partial charge in [-0.1, -0.05) is 5.16 Å². The molecule has 2 saturated heterocycles. The second-order valence-corrected chi connectivity index (χ2v) is 12.8. The van der Waals surface area contributed by atoms with Crippen LogP contribution in [0.2, 0.25) is 0 Å². The van der Waals surface area contributed by atoms with E-state index in [0.29, 0.717) is 75.1 Å². The van der Waals surface area contributed by atoms with Crippen molar-refractivity contribution in [2.45, 2.75) is 88.7 Å². The summed E-state index contributed by atoms with van der Waals surface area (Å²) in [5.41, 5.74) is 5.53. The molecule has 0 spiro atoms. The smallest absolute Gasteiger partial charge is 0.381 e. The molecule has 3 aromatic rings. The highest BCUT2D eigenvalue weighted by Crippen LogP contribution is 2.38. The standard InChI is InChI=1S/C24H30F5N5O2.C6H6F2N2O2/c25-23(26)5-1-14(2-6-23)9-18-13-34-22(31-18)32-20(15-3-7-36-8-4-15)19(33-34)11-16-10-17(24(27,28)29)12-30-21(16)35;1-6(7,8)4-3(5(9)11)2-12-10-4/h13-17H,1-12H2,(H,30,35);2H,1H3,(H2,9,11). The average molecular weight is 692 g/mol. The van der Waals surface area contributed by atoms with Gasteiger partial charge in [0, 0.05) is 57.8 Å². The minimum atomic E-state index is -4.38. The van der Waals surface area contributed by atoms with Crippen molar-refractivity contribution in [3.8, 4) is 0 Å². The van der Waals surface area contributed by atoms with Crippen LogP contribution in [0.1, 0.15) is 90.9 Å². The van der Waals surface area contributed by atoms with E-state index >= 15 is 0 Å². The summed E-state index contributed by atoms with van der Waals surface area (Å²) in [7, 11) is 0. The van der Waals surface area contributed by atoms with Gasteiger partial charge in [0.25, 0.3) is 17.6 Å². The van der Waals surface area contributed by atoms with Crippen molar-refractivity contribution in [2.24, 2.45) is 23.5 Å². The van der Waals surface area contributed by atoms with Crippen LogP contribution in [0.3, 0.4) is 0 Å². The number of alkyl halides is 7. The number of halogens is 7. The molecule has 3 aliphatic rings. The van der Waals surface area contributed by atoms with Crippen molar-refractivity contribution in [1.29, 1.82) is 0 Å². The fraction of sp³-hybridized carbons (Fsp3) is 0.667. The number of ether oxygens (including phenoxy) is 1. The molecule has 0 bridgehead atoms. The van der Waals surface area contributed by atoms with Gasteiger partial charge in [-0.3, -0.25) is 9.59 Å². The number of carbonyl (C=O) groups excluding carboxylic acids is 2. The summed E-state index contributed by atoms with van der Waals surface area (Å²) < 4.78 is 103. The number of imidazole rings is 1. The monoisotopic (exact) mass is 691 g/mol. The molecular weight excluding hydrogens is 655 g/mol. The van der Waals surface area contributed by atoms with Crippen molar-refractivity contribution in [2.75, 3.05) is 19.8 Å². The van der Waals surface area contributed by atoms with Crippen molar-refractivity contribution >= 4 is 17.6 Å². The van der Waals surface area contributed by atoms with Crippen molar-refractivity contribution in [1.82, 2.24) is 30.1 Å². The molecule has 2 amide bonds. The molecule has 2 atom stereocenters. The molecule has 6 rings (SSSR count). The molecule has 5 heterocycles. The van der Waals surface area contributed by atoms with Gasteiger partial charge in [0.15, 0.2) is 5.69 Å². The van der Waals surface area contributed by atoms with Gasteiger partial charge in [0.05, 0.1) is 29.2 Å². The van der Waals surface area contributed by atoms with Gasteiger partial charge in [-0.25, -0.2) is 23.3 Å². The molecule has 3 fully saturated rings. The van der Waals surface area contributed by atoms with E-state index < -0.39 is 53.9 Å². The Morgan fingerprint density at radius 2 is 1.77 bits per heavy atom. The van der Waals surface area contributed by atoms with Crippen molar-refractivity contribution in [3.63, 3.8) is 0 Å². The zero-order valence-corrected chi connectivity index (χ0v) is 26.0. The predicted octanol–water partition coefficient (Wildman–Crippen LogP) is 5.13. The maximum absolute atomic E-state index is 13.5. The van der Waals surface area contributed by atoms with E-state index in [4.69, 9.17) is 15.5 Å². The van der Waals surface area contributed by atoms with Crippen LogP contribution in [0.5, 0.6) is 0 Å². The van der Waals surface area contributed by atoms with E-state index in [9.17, 15) is 40.3 Å². The summed E-state index contributed by atoms with van der Waals surface area (Å²) in [6.07, 6.45) is 0.449. The number of fused-ring (bicyclic) bond motifs is 1.